The molecule has 0 aliphatic carbocycles. The smallest absolute Gasteiger partial charge is 0.227 e. The van der Waals surface area contributed by atoms with Gasteiger partial charge in [0.25, 0.3) is 0 Å². The van der Waals surface area contributed by atoms with Crippen LogP contribution in [0.2, 0.25) is 0 Å². The number of aromatic nitrogens is 1. The highest BCUT2D eigenvalue weighted by Gasteiger charge is 2.25. The number of anilines is 1. The number of fused-ring (bicyclic) bond motifs is 1. The van der Waals surface area contributed by atoms with E-state index in [0.29, 0.717) is 18.3 Å². The van der Waals surface area contributed by atoms with Crippen LogP contribution in [0.15, 0.2) is 29.0 Å². The quantitative estimate of drug-likeness (QED) is 0.832. The van der Waals surface area contributed by atoms with Crippen LogP contribution in [0.1, 0.15) is 12.8 Å². The molecule has 1 saturated heterocycles. The van der Waals surface area contributed by atoms with Crippen LogP contribution in [0.4, 0.5) is 5.69 Å². The lowest BCUT2D eigenvalue weighted by atomic mass is 10.2. The molecule has 0 aromatic carbocycles. The van der Waals surface area contributed by atoms with E-state index in [1.165, 1.54) is 18.5 Å². The molecular weight excluding hydrogens is 202 g/mol. The topological polar surface area (TPSA) is 55.3 Å². The molecule has 1 atom stereocenters. The minimum absolute atomic E-state index is 0.459. The Morgan fingerprint density at radius 3 is 3.31 bits per heavy atom. The lowest BCUT2D eigenvalue weighted by Crippen LogP contribution is -2.35. The Bertz CT molecular complexity index is 494. The fourth-order valence-corrected chi connectivity index (χ4v) is 2.51. The largest absolute Gasteiger partial charge is 0.446 e. The minimum atomic E-state index is 0.459. The van der Waals surface area contributed by atoms with Gasteiger partial charge in [-0.3, -0.25) is 0 Å². The Balaban J connectivity index is 2.07. The van der Waals surface area contributed by atoms with Gasteiger partial charge in [-0.15, -0.1) is 0 Å². The van der Waals surface area contributed by atoms with Crippen LogP contribution in [-0.2, 0) is 0 Å². The molecule has 0 saturated carbocycles. The number of rotatable bonds is 2. The molecular formula is C12H15N3O. The zero-order valence-electron chi connectivity index (χ0n) is 9.10. The van der Waals surface area contributed by atoms with Gasteiger partial charge in [-0.2, -0.15) is 0 Å². The maximum absolute atomic E-state index is 5.80. The Hall–Kier alpha value is -1.55. The summed E-state index contributed by atoms with van der Waals surface area (Å²) in [6.45, 7) is 1.79. The van der Waals surface area contributed by atoms with Gasteiger partial charge in [0, 0.05) is 25.3 Å². The first-order valence-corrected chi connectivity index (χ1v) is 5.69. The Morgan fingerprint density at radius 2 is 2.44 bits per heavy atom. The van der Waals surface area contributed by atoms with Crippen molar-refractivity contribution in [3.05, 3.63) is 24.6 Å². The second-order valence-electron chi connectivity index (χ2n) is 4.19. The first-order valence-electron chi connectivity index (χ1n) is 5.69. The summed E-state index contributed by atoms with van der Waals surface area (Å²) in [7, 11) is 0. The fraction of sp³-hybridized carbons (Fsp3) is 0.417. The van der Waals surface area contributed by atoms with Crippen molar-refractivity contribution >= 4 is 16.8 Å². The average Bonchev–Trinajstić information content (AvgIpc) is 2.96. The maximum Gasteiger partial charge on any atom is 0.227 e. The summed E-state index contributed by atoms with van der Waals surface area (Å²) >= 11 is 0. The van der Waals surface area contributed by atoms with Gasteiger partial charge in [-0.05, 0) is 25.0 Å². The number of pyridine rings is 1. The molecule has 0 bridgehead atoms. The summed E-state index contributed by atoms with van der Waals surface area (Å²) < 4.78 is 5.32. The van der Waals surface area contributed by atoms with E-state index in [0.717, 1.165) is 11.9 Å². The van der Waals surface area contributed by atoms with Crippen molar-refractivity contribution in [3.63, 3.8) is 0 Å². The van der Waals surface area contributed by atoms with Crippen molar-refractivity contribution < 1.29 is 4.42 Å². The number of furan rings is 1. The summed E-state index contributed by atoms with van der Waals surface area (Å²) in [5.41, 5.74) is 7.71. The molecule has 4 heteroatoms. The molecule has 3 rings (SSSR count). The van der Waals surface area contributed by atoms with Crippen LogP contribution in [0.3, 0.4) is 0 Å². The van der Waals surface area contributed by atoms with Gasteiger partial charge in [-0.1, -0.05) is 0 Å². The third kappa shape index (κ3) is 1.38. The van der Waals surface area contributed by atoms with Gasteiger partial charge in [0.2, 0.25) is 5.71 Å². The van der Waals surface area contributed by atoms with E-state index in [9.17, 15) is 0 Å². The second kappa shape index (κ2) is 3.79. The maximum atomic E-state index is 5.80. The summed E-state index contributed by atoms with van der Waals surface area (Å²) in [5.74, 6) is 0. The molecule has 0 spiro atoms. The van der Waals surface area contributed by atoms with Gasteiger partial charge < -0.3 is 15.1 Å². The number of nitrogens with zero attached hydrogens (tertiary/aromatic N) is 2. The highest BCUT2D eigenvalue weighted by molar-refractivity contribution is 5.88. The zero-order chi connectivity index (χ0) is 11.0. The second-order valence-corrected chi connectivity index (χ2v) is 4.19. The Labute approximate surface area is 94.0 Å². The average molecular weight is 217 g/mol. The molecule has 84 valence electrons. The van der Waals surface area contributed by atoms with E-state index in [1.54, 1.807) is 12.5 Å². The standard InChI is InChI=1S/C12H15N3O/c13-8-9-2-1-6-15(9)11-3-5-14-12-10(11)4-7-16-12/h3-5,7,9H,1-2,6,8,13H2. The molecule has 1 fully saturated rings. The normalized spacial score (nSPS) is 20.8. The highest BCUT2D eigenvalue weighted by Crippen LogP contribution is 2.31. The van der Waals surface area contributed by atoms with Crippen LogP contribution >= 0.6 is 0 Å². The number of nitrogens with two attached hydrogens (primary N) is 1. The molecule has 1 aliphatic heterocycles. The minimum Gasteiger partial charge on any atom is -0.446 e. The molecule has 1 aliphatic rings. The van der Waals surface area contributed by atoms with Crippen molar-refractivity contribution in [1.29, 1.82) is 0 Å². The number of hydrogen-bond acceptors (Lipinski definition) is 4. The summed E-state index contributed by atoms with van der Waals surface area (Å²) in [6, 6.07) is 4.48. The first kappa shape index (κ1) is 9.66. The van der Waals surface area contributed by atoms with E-state index in [-0.39, 0.29) is 0 Å². The lowest BCUT2D eigenvalue weighted by Gasteiger charge is -2.25. The van der Waals surface area contributed by atoms with Crippen LogP contribution in [-0.4, -0.2) is 24.1 Å². The Morgan fingerprint density at radius 1 is 1.50 bits per heavy atom. The van der Waals surface area contributed by atoms with Crippen LogP contribution in [0.25, 0.3) is 11.1 Å². The predicted octanol–water partition coefficient (Wildman–Crippen LogP) is 1.76. The van der Waals surface area contributed by atoms with E-state index in [2.05, 4.69) is 9.88 Å². The van der Waals surface area contributed by atoms with E-state index < -0.39 is 0 Å². The summed E-state index contributed by atoms with van der Waals surface area (Å²) in [5, 5.41) is 1.09. The van der Waals surface area contributed by atoms with Gasteiger partial charge in [-0.25, -0.2) is 4.98 Å². The van der Waals surface area contributed by atoms with Gasteiger partial charge in [0.05, 0.1) is 17.3 Å². The molecule has 0 radical (unpaired) electrons. The van der Waals surface area contributed by atoms with Crippen molar-refractivity contribution in [3.8, 4) is 0 Å². The predicted molar refractivity (Wildman–Crippen MR) is 63.4 cm³/mol. The third-order valence-electron chi connectivity index (χ3n) is 3.30. The summed E-state index contributed by atoms with van der Waals surface area (Å²) in [4.78, 5) is 6.57. The third-order valence-corrected chi connectivity index (χ3v) is 3.30. The SMILES string of the molecule is NCC1CCCN1c1ccnc2occc12. The first-order chi connectivity index (χ1) is 7.90. The van der Waals surface area contributed by atoms with Gasteiger partial charge in [0.15, 0.2) is 0 Å². The molecule has 16 heavy (non-hydrogen) atoms. The monoisotopic (exact) mass is 217 g/mol. The van der Waals surface area contributed by atoms with Crippen LogP contribution in [0, 0.1) is 0 Å². The van der Waals surface area contributed by atoms with E-state index >= 15 is 0 Å². The van der Waals surface area contributed by atoms with E-state index in [4.69, 9.17) is 10.2 Å². The van der Waals surface area contributed by atoms with Crippen LogP contribution in [0.5, 0.6) is 0 Å². The lowest BCUT2D eigenvalue weighted by molar-refractivity contribution is 0.603. The van der Waals surface area contributed by atoms with E-state index in [1.807, 2.05) is 12.1 Å². The molecule has 2 aromatic heterocycles. The number of hydrogen-bond donors (Lipinski definition) is 1. The van der Waals surface area contributed by atoms with Gasteiger partial charge >= 0.3 is 0 Å². The molecule has 3 heterocycles. The molecule has 2 N–H and O–H groups in total. The molecule has 0 amide bonds. The molecule has 4 nitrogen and oxygen atoms in total. The summed E-state index contributed by atoms with van der Waals surface area (Å²) in [6.07, 6.45) is 5.88. The highest BCUT2D eigenvalue weighted by atomic mass is 16.3. The molecule has 2 aromatic rings. The van der Waals surface area contributed by atoms with Crippen molar-refractivity contribution in [1.82, 2.24) is 4.98 Å². The molecule has 1 unspecified atom stereocenters. The van der Waals surface area contributed by atoms with Crippen molar-refractivity contribution in [2.24, 2.45) is 5.73 Å². The zero-order valence-corrected chi connectivity index (χ0v) is 9.10. The van der Waals surface area contributed by atoms with Crippen molar-refractivity contribution in [2.75, 3.05) is 18.0 Å². The van der Waals surface area contributed by atoms with Crippen LogP contribution < -0.4 is 10.6 Å². The van der Waals surface area contributed by atoms with Gasteiger partial charge in [0.1, 0.15) is 0 Å². The van der Waals surface area contributed by atoms with Crippen molar-refractivity contribution in [2.45, 2.75) is 18.9 Å². The fourth-order valence-electron chi connectivity index (χ4n) is 2.51. The Kier molecular flexibility index (Phi) is 2.29.